The summed E-state index contributed by atoms with van der Waals surface area (Å²) in [5.41, 5.74) is 2.47. The average Bonchev–Trinajstić information content (AvgIpc) is 3.43. The van der Waals surface area contributed by atoms with Gasteiger partial charge in [-0.15, -0.1) is 16.4 Å². The lowest BCUT2D eigenvalue weighted by molar-refractivity contribution is -0.129. The van der Waals surface area contributed by atoms with E-state index in [4.69, 9.17) is 0 Å². The van der Waals surface area contributed by atoms with E-state index in [9.17, 15) is 9.59 Å². The maximum absolute atomic E-state index is 12.9. The number of nitrogens with zero attached hydrogens (tertiary/aromatic N) is 4. The Hall–Kier alpha value is -3.00. The van der Waals surface area contributed by atoms with Gasteiger partial charge in [-0.1, -0.05) is 49.4 Å². The van der Waals surface area contributed by atoms with E-state index < -0.39 is 0 Å². The molecule has 0 fully saturated rings. The number of hydrogen-bond donors (Lipinski definition) is 1. The molecule has 0 radical (unpaired) electrons. The first-order valence-corrected chi connectivity index (χ1v) is 10.8. The van der Waals surface area contributed by atoms with E-state index in [2.05, 4.69) is 53.7 Å². The van der Waals surface area contributed by atoms with Crippen LogP contribution < -0.4 is 5.32 Å². The molecule has 8 heteroatoms. The molecule has 0 aliphatic heterocycles. The van der Waals surface area contributed by atoms with Gasteiger partial charge in [-0.2, -0.15) is 0 Å². The molecule has 2 atom stereocenters. The summed E-state index contributed by atoms with van der Waals surface area (Å²) in [6.07, 6.45) is 2.57. The van der Waals surface area contributed by atoms with Gasteiger partial charge < -0.3 is 10.2 Å². The van der Waals surface area contributed by atoms with Crippen LogP contribution in [-0.2, 0) is 11.3 Å². The number of amides is 2. The zero-order chi connectivity index (χ0) is 21.7. The summed E-state index contributed by atoms with van der Waals surface area (Å²) in [5, 5.41) is 12.9. The number of likely N-dealkylation sites (N-methyl/N-ethyl adjacent to an activating group) is 1. The smallest absolute Gasteiger partial charge is 0.274 e. The standard InChI is InChI=1S/C22H27N5O2S/c1-5-15(2)16-8-10-17(11-9-16)21(19-7-6-12-30-19)23-22(29)18-13-27(25-24-18)14-20(28)26(3)4/h6-13,15,21H,5,14H2,1-4H3,(H,23,29). The van der Waals surface area contributed by atoms with Gasteiger partial charge in [0.05, 0.1) is 12.2 Å². The third-order valence-corrected chi connectivity index (χ3v) is 6.06. The van der Waals surface area contributed by atoms with Crippen LogP contribution in [0.25, 0.3) is 0 Å². The van der Waals surface area contributed by atoms with Crippen molar-refractivity contribution in [3.05, 3.63) is 69.7 Å². The molecule has 0 saturated heterocycles. The van der Waals surface area contributed by atoms with Crippen molar-refractivity contribution >= 4 is 23.2 Å². The fraction of sp³-hybridized carbons (Fsp3) is 0.364. The number of carbonyl (C=O) groups excluding carboxylic acids is 2. The Morgan fingerprint density at radius 2 is 1.87 bits per heavy atom. The third-order valence-electron chi connectivity index (χ3n) is 5.12. The zero-order valence-corrected chi connectivity index (χ0v) is 18.5. The SMILES string of the molecule is CCC(C)c1ccc(C(NC(=O)c2cn(CC(=O)N(C)C)nn2)c2cccs2)cc1. The van der Waals surface area contributed by atoms with Crippen molar-refractivity contribution in [3.8, 4) is 0 Å². The second kappa shape index (κ2) is 9.67. The van der Waals surface area contributed by atoms with E-state index in [1.165, 1.54) is 21.3 Å². The lowest BCUT2D eigenvalue weighted by Gasteiger charge is -2.18. The lowest BCUT2D eigenvalue weighted by atomic mass is 9.95. The molecule has 158 valence electrons. The number of thiophene rings is 1. The minimum Gasteiger partial charge on any atom is -0.347 e. The fourth-order valence-electron chi connectivity index (χ4n) is 2.99. The molecule has 3 rings (SSSR count). The Bertz CT molecular complexity index is 979. The lowest BCUT2D eigenvalue weighted by Crippen LogP contribution is -2.29. The van der Waals surface area contributed by atoms with Gasteiger partial charge in [0.2, 0.25) is 5.91 Å². The molecule has 3 aromatic rings. The van der Waals surface area contributed by atoms with Gasteiger partial charge in [0.1, 0.15) is 6.54 Å². The molecule has 0 spiro atoms. The summed E-state index contributed by atoms with van der Waals surface area (Å²) in [4.78, 5) is 27.2. The van der Waals surface area contributed by atoms with Crippen LogP contribution in [0.15, 0.2) is 48.0 Å². The highest BCUT2D eigenvalue weighted by Crippen LogP contribution is 2.28. The van der Waals surface area contributed by atoms with Crippen molar-refractivity contribution in [2.24, 2.45) is 0 Å². The van der Waals surface area contributed by atoms with Gasteiger partial charge in [-0.05, 0) is 34.9 Å². The van der Waals surface area contributed by atoms with Crippen LogP contribution in [0.2, 0.25) is 0 Å². The normalized spacial score (nSPS) is 12.9. The van der Waals surface area contributed by atoms with E-state index in [1.54, 1.807) is 25.4 Å². The van der Waals surface area contributed by atoms with Crippen molar-refractivity contribution in [1.29, 1.82) is 0 Å². The van der Waals surface area contributed by atoms with Gasteiger partial charge in [0.25, 0.3) is 5.91 Å². The minimum atomic E-state index is -0.331. The van der Waals surface area contributed by atoms with Crippen molar-refractivity contribution < 1.29 is 9.59 Å². The maximum atomic E-state index is 12.9. The van der Waals surface area contributed by atoms with Crippen molar-refractivity contribution in [2.75, 3.05) is 14.1 Å². The first kappa shape index (κ1) is 21.7. The Morgan fingerprint density at radius 3 is 2.47 bits per heavy atom. The summed E-state index contributed by atoms with van der Waals surface area (Å²) in [6, 6.07) is 12.1. The first-order valence-electron chi connectivity index (χ1n) is 9.93. The van der Waals surface area contributed by atoms with Crippen LogP contribution >= 0.6 is 11.3 Å². The minimum absolute atomic E-state index is 0.0404. The first-order chi connectivity index (χ1) is 14.4. The van der Waals surface area contributed by atoms with Gasteiger partial charge in [-0.3, -0.25) is 9.59 Å². The molecule has 7 nitrogen and oxygen atoms in total. The molecule has 1 N–H and O–H groups in total. The van der Waals surface area contributed by atoms with E-state index in [0.717, 1.165) is 16.9 Å². The van der Waals surface area contributed by atoms with Crippen LogP contribution in [0.1, 0.15) is 58.7 Å². The van der Waals surface area contributed by atoms with E-state index in [0.29, 0.717) is 5.92 Å². The van der Waals surface area contributed by atoms with Crippen LogP contribution in [0.5, 0.6) is 0 Å². The number of nitrogens with one attached hydrogen (secondary N) is 1. The van der Waals surface area contributed by atoms with Gasteiger partial charge in [0.15, 0.2) is 5.69 Å². The second-order valence-electron chi connectivity index (χ2n) is 7.49. The maximum Gasteiger partial charge on any atom is 0.274 e. The molecular formula is C22H27N5O2S. The van der Waals surface area contributed by atoms with Crippen LogP contribution in [0.3, 0.4) is 0 Å². The summed E-state index contributed by atoms with van der Waals surface area (Å²) < 4.78 is 1.37. The monoisotopic (exact) mass is 425 g/mol. The number of carbonyl (C=O) groups is 2. The van der Waals surface area contributed by atoms with Gasteiger partial charge in [0, 0.05) is 19.0 Å². The number of benzene rings is 1. The molecule has 2 amide bonds. The molecule has 2 aromatic heterocycles. The zero-order valence-electron chi connectivity index (χ0n) is 17.7. The molecule has 2 heterocycles. The van der Waals surface area contributed by atoms with E-state index >= 15 is 0 Å². The predicted molar refractivity (Wildman–Crippen MR) is 117 cm³/mol. The van der Waals surface area contributed by atoms with Crippen LogP contribution in [0.4, 0.5) is 0 Å². The molecule has 2 unspecified atom stereocenters. The van der Waals surface area contributed by atoms with Crippen molar-refractivity contribution in [3.63, 3.8) is 0 Å². The highest BCUT2D eigenvalue weighted by molar-refractivity contribution is 7.10. The molecule has 0 bridgehead atoms. The third kappa shape index (κ3) is 5.13. The quantitative estimate of drug-likeness (QED) is 0.599. The molecule has 0 aliphatic carbocycles. The van der Waals surface area contributed by atoms with E-state index in [1.807, 2.05) is 17.5 Å². The fourth-order valence-corrected chi connectivity index (χ4v) is 3.79. The number of aromatic nitrogens is 3. The van der Waals surface area contributed by atoms with Crippen molar-refractivity contribution in [1.82, 2.24) is 25.2 Å². The van der Waals surface area contributed by atoms with E-state index in [-0.39, 0.29) is 30.1 Å². The second-order valence-corrected chi connectivity index (χ2v) is 8.47. The predicted octanol–water partition coefficient (Wildman–Crippen LogP) is 3.46. The van der Waals surface area contributed by atoms with Gasteiger partial charge >= 0.3 is 0 Å². The Kier molecular flexibility index (Phi) is 6.99. The Balaban J connectivity index is 1.79. The Labute approximate surface area is 180 Å². The summed E-state index contributed by atoms with van der Waals surface area (Å²) in [5.74, 6) is 0.0430. The highest BCUT2D eigenvalue weighted by Gasteiger charge is 2.21. The van der Waals surface area contributed by atoms with Crippen LogP contribution in [0, 0.1) is 0 Å². The summed E-state index contributed by atoms with van der Waals surface area (Å²) in [7, 11) is 3.34. The highest BCUT2D eigenvalue weighted by atomic mass is 32.1. The molecule has 0 saturated carbocycles. The molecule has 0 aliphatic rings. The van der Waals surface area contributed by atoms with Crippen molar-refractivity contribution in [2.45, 2.75) is 38.8 Å². The largest absolute Gasteiger partial charge is 0.347 e. The Morgan fingerprint density at radius 1 is 1.17 bits per heavy atom. The average molecular weight is 426 g/mol. The summed E-state index contributed by atoms with van der Waals surface area (Å²) in [6.45, 7) is 4.42. The van der Waals surface area contributed by atoms with Crippen LogP contribution in [-0.4, -0.2) is 45.8 Å². The molecule has 1 aromatic carbocycles. The van der Waals surface area contributed by atoms with Gasteiger partial charge in [-0.25, -0.2) is 4.68 Å². The molecule has 30 heavy (non-hydrogen) atoms. The summed E-state index contributed by atoms with van der Waals surface area (Å²) >= 11 is 1.59. The number of rotatable bonds is 8. The number of hydrogen-bond acceptors (Lipinski definition) is 5. The topological polar surface area (TPSA) is 80.1 Å². The molecular weight excluding hydrogens is 398 g/mol.